The van der Waals surface area contributed by atoms with Gasteiger partial charge in [0.25, 0.3) is 0 Å². The predicted molar refractivity (Wildman–Crippen MR) is 130 cm³/mol. The zero-order valence-corrected chi connectivity index (χ0v) is 19.5. The maximum absolute atomic E-state index is 13.5. The number of amides is 1. The Bertz CT molecular complexity index is 1090. The summed E-state index contributed by atoms with van der Waals surface area (Å²) in [5.41, 5.74) is 2.47. The summed E-state index contributed by atoms with van der Waals surface area (Å²) in [4.78, 5) is 20.5. The minimum atomic E-state index is -0.251. The Morgan fingerprint density at radius 3 is 2.50 bits per heavy atom. The topological polar surface area (TPSA) is 89.2 Å². The molecule has 3 unspecified atom stereocenters. The van der Waals surface area contributed by atoms with Crippen molar-refractivity contribution in [1.82, 2.24) is 10.3 Å². The van der Waals surface area contributed by atoms with Crippen LogP contribution in [0, 0.1) is 34.5 Å². The van der Waals surface area contributed by atoms with E-state index < -0.39 is 0 Å². The number of carbonyl (C=O) groups is 1. The lowest BCUT2D eigenvalue weighted by Gasteiger charge is -2.58. The van der Waals surface area contributed by atoms with Crippen molar-refractivity contribution < 1.29 is 9.90 Å². The molecule has 4 bridgehead atoms. The second kappa shape index (κ2) is 8.39. The minimum Gasteiger partial charge on any atom is -0.393 e. The number of hydrogen-bond donors (Lipinski definition) is 2. The van der Waals surface area contributed by atoms with Gasteiger partial charge in [-0.05, 0) is 92.5 Å². The molecule has 1 aromatic heterocycles. The average molecular weight is 457 g/mol. The quantitative estimate of drug-likeness (QED) is 0.729. The van der Waals surface area contributed by atoms with Crippen LogP contribution in [0.1, 0.15) is 50.5 Å². The van der Waals surface area contributed by atoms with E-state index in [1.807, 2.05) is 30.5 Å². The fourth-order valence-electron chi connectivity index (χ4n) is 7.40. The second-order valence-corrected chi connectivity index (χ2v) is 11.1. The highest BCUT2D eigenvalue weighted by atomic mass is 16.3. The summed E-state index contributed by atoms with van der Waals surface area (Å²) in [5.74, 6) is 2.43. The Morgan fingerprint density at radius 2 is 1.82 bits per heavy atom. The normalized spacial score (nSPS) is 34.0. The van der Waals surface area contributed by atoms with E-state index in [4.69, 9.17) is 10.2 Å². The Balaban J connectivity index is 1.11. The molecule has 176 valence electrons. The summed E-state index contributed by atoms with van der Waals surface area (Å²) >= 11 is 0. The predicted octanol–water partition coefficient (Wildman–Crippen LogP) is 3.89. The summed E-state index contributed by atoms with van der Waals surface area (Å²) < 4.78 is 0. The zero-order valence-electron chi connectivity index (χ0n) is 19.5. The molecule has 7 rings (SSSR count). The monoisotopic (exact) mass is 456 g/mol. The van der Waals surface area contributed by atoms with Crippen LogP contribution in [0.15, 0.2) is 42.6 Å². The van der Waals surface area contributed by atoms with Gasteiger partial charge in [-0.2, -0.15) is 5.26 Å². The molecule has 1 aliphatic heterocycles. The molecule has 1 amide bonds. The number of nitriles is 1. The lowest BCUT2D eigenvalue weighted by atomic mass is 9.48. The van der Waals surface area contributed by atoms with E-state index >= 15 is 0 Å². The van der Waals surface area contributed by atoms with Gasteiger partial charge in [-0.3, -0.25) is 4.79 Å². The molecule has 0 spiro atoms. The summed E-state index contributed by atoms with van der Waals surface area (Å²) in [6.07, 6.45) is 8.67. The van der Waals surface area contributed by atoms with Gasteiger partial charge in [0, 0.05) is 30.9 Å². The van der Waals surface area contributed by atoms with Crippen molar-refractivity contribution in [1.29, 1.82) is 5.26 Å². The zero-order chi connectivity index (χ0) is 23.3. The number of aliphatic hydroxyl groups is 1. The van der Waals surface area contributed by atoms with Gasteiger partial charge in [-0.15, -0.1) is 0 Å². The van der Waals surface area contributed by atoms with Crippen LogP contribution in [0.5, 0.6) is 0 Å². The van der Waals surface area contributed by atoms with Crippen LogP contribution < -0.4 is 10.2 Å². The van der Waals surface area contributed by atoms with E-state index in [1.165, 1.54) is 0 Å². The fraction of sp³-hybridized carbons (Fsp3) is 0.536. The highest BCUT2D eigenvalue weighted by Crippen LogP contribution is 2.60. The second-order valence-electron chi connectivity index (χ2n) is 11.1. The molecule has 0 radical (unpaired) electrons. The number of benzene rings is 1. The van der Waals surface area contributed by atoms with Crippen LogP contribution >= 0.6 is 0 Å². The molecule has 4 saturated carbocycles. The van der Waals surface area contributed by atoms with Crippen molar-refractivity contribution in [3.8, 4) is 17.2 Å². The molecule has 5 aliphatic rings. The van der Waals surface area contributed by atoms with Crippen molar-refractivity contribution in [3.63, 3.8) is 0 Å². The standard InChI is InChI=1S/C28H32N4O2/c29-15-18-3-5-20(6-4-18)21-7-8-25(30-16-21)32-9-1-2-24(17-32)31-27(34)28-12-19-10-22(13-28)26(33)23(11-19)14-28/h3-8,16,19,22-24,26,33H,1-2,9-14,17H2,(H,31,34). The number of anilines is 1. The van der Waals surface area contributed by atoms with E-state index in [0.29, 0.717) is 23.3 Å². The van der Waals surface area contributed by atoms with E-state index in [1.54, 1.807) is 0 Å². The van der Waals surface area contributed by atoms with E-state index in [9.17, 15) is 9.90 Å². The van der Waals surface area contributed by atoms with Crippen LogP contribution in [0.2, 0.25) is 0 Å². The number of carbonyl (C=O) groups excluding carboxylic acids is 1. The van der Waals surface area contributed by atoms with Crippen LogP contribution in [-0.2, 0) is 4.79 Å². The van der Waals surface area contributed by atoms with Crippen molar-refractivity contribution >= 4 is 11.7 Å². The molecule has 4 aliphatic carbocycles. The van der Waals surface area contributed by atoms with Gasteiger partial charge in [-0.1, -0.05) is 12.1 Å². The first kappa shape index (κ1) is 21.6. The molecule has 6 heteroatoms. The summed E-state index contributed by atoms with van der Waals surface area (Å²) in [7, 11) is 0. The van der Waals surface area contributed by atoms with Gasteiger partial charge in [0.1, 0.15) is 5.82 Å². The summed E-state index contributed by atoms with van der Waals surface area (Å²) in [6.45, 7) is 1.73. The first-order chi connectivity index (χ1) is 16.5. The van der Waals surface area contributed by atoms with Gasteiger partial charge >= 0.3 is 0 Å². The maximum Gasteiger partial charge on any atom is 0.226 e. The molecule has 2 heterocycles. The van der Waals surface area contributed by atoms with E-state index in [-0.39, 0.29) is 23.5 Å². The number of rotatable bonds is 4. The van der Waals surface area contributed by atoms with Gasteiger partial charge in [-0.25, -0.2) is 4.98 Å². The molecular weight excluding hydrogens is 424 g/mol. The smallest absolute Gasteiger partial charge is 0.226 e. The number of nitrogens with one attached hydrogen (secondary N) is 1. The molecule has 1 saturated heterocycles. The lowest BCUT2D eigenvalue weighted by molar-refractivity contribution is -0.163. The molecular formula is C28H32N4O2. The molecule has 2 N–H and O–H groups in total. The Kier molecular flexibility index (Phi) is 5.33. The van der Waals surface area contributed by atoms with E-state index in [0.717, 1.165) is 75.0 Å². The van der Waals surface area contributed by atoms with Gasteiger partial charge < -0.3 is 15.3 Å². The van der Waals surface area contributed by atoms with Crippen LogP contribution in [0.3, 0.4) is 0 Å². The fourth-order valence-corrected chi connectivity index (χ4v) is 7.40. The third kappa shape index (κ3) is 3.76. The van der Waals surface area contributed by atoms with E-state index in [2.05, 4.69) is 28.4 Å². The maximum atomic E-state index is 13.5. The van der Waals surface area contributed by atoms with Crippen LogP contribution in [-0.4, -0.2) is 41.2 Å². The molecule has 3 atom stereocenters. The van der Waals surface area contributed by atoms with Crippen molar-refractivity contribution in [3.05, 3.63) is 48.2 Å². The molecule has 2 aromatic rings. The highest BCUT2D eigenvalue weighted by molar-refractivity contribution is 5.83. The SMILES string of the molecule is N#Cc1ccc(-c2ccc(N3CCCC(NC(=O)C45CC6CC(C4)C(O)C(C6)C5)C3)nc2)cc1. The van der Waals surface area contributed by atoms with Crippen molar-refractivity contribution in [2.75, 3.05) is 18.0 Å². The Hall–Kier alpha value is -2.91. The minimum absolute atomic E-state index is 0.138. The number of piperidine rings is 1. The summed E-state index contributed by atoms with van der Waals surface area (Å²) in [6, 6.07) is 14.0. The molecule has 6 nitrogen and oxygen atoms in total. The summed E-state index contributed by atoms with van der Waals surface area (Å²) in [5, 5.41) is 23.0. The largest absolute Gasteiger partial charge is 0.393 e. The molecule has 5 fully saturated rings. The highest BCUT2D eigenvalue weighted by Gasteiger charge is 2.58. The van der Waals surface area contributed by atoms with Gasteiger partial charge in [0.05, 0.1) is 23.2 Å². The first-order valence-corrected chi connectivity index (χ1v) is 12.7. The van der Waals surface area contributed by atoms with Crippen LogP contribution in [0.4, 0.5) is 5.82 Å². The third-order valence-corrected chi connectivity index (χ3v) is 8.88. The van der Waals surface area contributed by atoms with Gasteiger partial charge in [0.15, 0.2) is 0 Å². The average Bonchev–Trinajstić information content (AvgIpc) is 2.87. The number of aromatic nitrogens is 1. The molecule has 34 heavy (non-hydrogen) atoms. The third-order valence-electron chi connectivity index (χ3n) is 8.88. The Labute approximate surface area is 201 Å². The molecule has 1 aromatic carbocycles. The Morgan fingerprint density at radius 1 is 1.09 bits per heavy atom. The van der Waals surface area contributed by atoms with Crippen molar-refractivity contribution in [2.45, 2.75) is 57.1 Å². The van der Waals surface area contributed by atoms with Crippen molar-refractivity contribution in [2.24, 2.45) is 23.2 Å². The van der Waals surface area contributed by atoms with Crippen LogP contribution in [0.25, 0.3) is 11.1 Å². The number of nitrogens with zero attached hydrogens (tertiary/aromatic N) is 3. The number of aliphatic hydroxyl groups excluding tert-OH is 1. The lowest BCUT2D eigenvalue weighted by Crippen LogP contribution is -2.60. The number of pyridine rings is 1. The van der Waals surface area contributed by atoms with Gasteiger partial charge in [0.2, 0.25) is 5.91 Å². The first-order valence-electron chi connectivity index (χ1n) is 12.7. The number of hydrogen-bond acceptors (Lipinski definition) is 5.